The second-order valence-corrected chi connectivity index (χ2v) is 5.43. The molecule has 1 saturated carbocycles. The van der Waals surface area contributed by atoms with Crippen LogP contribution in [0, 0.1) is 19.8 Å². The first-order valence-electron chi connectivity index (χ1n) is 6.44. The van der Waals surface area contributed by atoms with Crippen LogP contribution in [0.2, 0.25) is 0 Å². The summed E-state index contributed by atoms with van der Waals surface area (Å²) in [5, 5.41) is 3.70. The molecule has 16 heavy (non-hydrogen) atoms. The topological polar surface area (TPSA) is 12.0 Å². The molecule has 1 nitrogen and oxygen atoms in total. The molecule has 0 amide bonds. The van der Waals surface area contributed by atoms with Gasteiger partial charge in [-0.25, -0.2) is 0 Å². The van der Waals surface area contributed by atoms with Crippen molar-refractivity contribution in [1.82, 2.24) is 5.32 Å². The first-order chi connectivity index (χ1) is 7.65. The number of aryl methyl sites for hydroxylation is 2. The van der Waals surface area contributed by atoms with Gasteiger partial charge in [0.25, 0.3) is 0 Å². The fourth-order valence-electron chi connectivity index (χ4n) is 2.64. The van der Waals surface area contributed by atoms with Gasteiger partial charge in [-0.15, -0.1) is 0 Å². The van der Waals surface area contributed by atoms with Crippen LogP contribution in [0.15, 0.2) is 18.2 Å². The molecule has 1 N–H and O–H groups in total. The van der Waals surface area contributed by atoms with Crippen LogP contribution in [0.4, 0.5) is 0 Å². The summed E-state index contributed by atoms with van der Waals surface area (Å²) in [4.78, 5) is 0. The second kappa shape index (κ2) is 5.01. The molecule has 1 aliphatic carbocycles. The van der Waals surface area contributed by atoms with Crippen molar-refractivity contribution >= 4 is 0 Å². The maximum Gasteiger partial charge on any atom is 0.0210 e. The van der Waals surface area contributed by atoms with Crippen molar-refractivity contribution < 1.29 is 0 Å². The molecule has 2 atom stereocenters. The van der Waals surface area contributed by atoms with Gasteiger partial charge in [-0.05, 0) is 50.2 Å². The van der Waals surface area contributed by atoms with Gasteiger partial charge >= 0.3 is 0 Å². The molecule has 1 fully saturated rings. The minimum atomic E-state index is 0.745. The summed E-state index contributed by atoms with van der Waals surface area (Å²) in [5.41, 5.74) is 4.23. The zero-order valence-electron chi connectivity index (χ0n) is 10.7. The maximum atomic E-state index is 3.70. The number of hydrogen-bond acceptors (Lipinski definition) is 1. The Bertz CT molecular complexity index is 356. The Morgan fingerprint density at radius 2 is 2.06 bits per heavy atom. The first-order valence-corrected chi connectivity index (χ1v) is 6.44. The lowest BCUT2D eigenvalue weighted by atomic mass is 10.1. The van der Waals surface area contributed by atoms with Crippen LogP contribution in [0.1, 0.15) is 42.9 Å². The lowest BCUT2D eigenvalue weighted by molar-refractivity contribution is 0.501. The van der Waals surface area contributed by atoms with Crippen molar-refractivity contribution in [2.45, 2.75) is 52.6 Å². The van der Waals surface area contributed by atoms with E-state index in [2.05, 4.69) is 44.3 Å². The second-order valence-electron chi connectivity index (χ2n) is 5.43. The van der Waals surface area contributed by atoms with Crippen LogP contribution >= 0.6 is 0 Å². The largest absolute Gasteiger partial charge is 0.310 e. The molecule has 0 heterocycles. The van der Waals surface area contributed by atoms with E-state index in [-0.39, 0.29) is 0 Å². The molecule has 1 aromatic rings. The molecule has 0 bridgehead atoms. The minimum absolute atomic E-state index is 0.745. The Morgan fingerprint density at radius 1 is 1.25 bits per heavy atom. The molecule has 0 spiro atoms. The Kier molecular flexibility index (Phi) is 3.65. The van der Waals surface area contributed by atoms with E-state index in [1.807, 2.05) is 0 Å². The summed E-state index contributed by atoms with van der Waals surface area (Å²) >= 11 is 0. The molecule has 2 unspecified atom stereocenters. The van der Waals surface area contributed by atoms with Gasteiger partial charge in [0, 0.05) is 12.6 Å². The van der Waals surface area contributed by atoms with E-state index in [0.717, 1.165) is 18.5 Å². The van der Waals surface area contributed by atoms with Crippen LogP contribution in [0.25, 0.3) is 0 Å². The third kappa shape index (κ3) is 2.85. The predicted molar refractivity (Wildman–Crippen MR) is 69.6 cm³/mol. The quantitative estimate of drug-likeness (QED) is 0.816. The van der Waals surface area contributed by atoms with Gasteiger partial charge in [0.05, 0.1) is 0 Å². The van der Waals surface area contributed by atoms with Crippen molar-refractivity contribution in [1.29, 1.82) is 0 Å². The summed E-state index contributed by atoms with van der Waals surface area (Å²) < 4.78 is 0. The molecule has 0 radical (unpaired) electrons. The first kappa shape index (κ1) is 11.7. The van der Waals surface area contributed by atoms with E-state index >= 15 is 0 Å². The molecule has 2 rings (SSSR count). The van der Waals surface area contributed by atoms with Gasteiger partial charge in [-0.3, -0.25) is 0 Å². The van der Waals surface area contributed by atoms with E-state index in [0.29, 0.717) is 0 Å². The van der Waals surface area contributed by atoms with Gasteiger partial charge in [-0.2, -0.15) is 0 Å². The zero-order valence-corrected chi connectivity index (χ0v) is 10.7. The van der Waals surface area contributed by atoms with E-state index < -0.39 is 0 Å². The van der Waals surface area contributed by atoms with Crippen LogP contribution in [-0.4, -0.2) is 6.04 Å². The van der Waals surface area contributed by atoms with Gasteiger partial charge < -0.3 is 5.32 Å². The highest BCUT2D eigenvalue weighted by Gasteiger charge is 2.20. The monoisotopic (exact) mass is 217 g/mol. The van der Waals surface area contributed by atoms with Crippen LogP contribution in [0.5, 0.6) is 0 Å². The van der Waals surface area contributed by atoms with Crippen LogP contribution < -0.4 is 5.32 Å². The molecule has 0 saturated heterocycles. The lowest BCUT2D eigenvalue weighted by Gasteiger charge is -2.14. The van der Waals surface area contributed by atoms with Crippen molar-refractivity contribution in [2.24, 2.45) is 5.92 Å². The molecular formula is C15H23N. The average molecular weight is 217 g/mol. The van der Waals surface area contributed by atoms with E-state index in [1.54, 1.807) is 0 Å². The maximum absolute atomic E-state index is 3.70. The predicted octanol–water partition coefficient (Wildman–Crippen LogP) is 3.58. The smallest absolute Gasteiger partial charge is 0.0210 e. The Balaban J connectivity index is 1.91. The van der Waals surface area contributed by atoms with Gasteiger partial charge in [-0.1, -0.05) is 30.7 Å². The average Bonchev–Trinajstić information content (AvgIpc) is 2.66. The molecule has 1 aromatic carbocycles. The molecular weight excluding hydrogens is 194 g/mol. The summed E-state index contributed by atoms with van der Waals surface area (Å²) in [5.74, 6) is 0.913. The van der Waals surface area contributed by atoms with Crippen molar-refractivity contribution in [3.05, 3.63) is 34.9 Å². The third-order valence-electron chi connectivity index (χ3n) is 3.78. The van der Waals surface area contributed by atoms with E-state index in [4.69, 9.17) is 0 Å². The molecule has 0 aliphatic heterocycles. The van der Waals surface area contributed by atoms with Crippen LogP contribution in [0.3, 0.4) is 0 Å². The number of nitrogens with one attached hydrogen (secondary N) is 1. The van der Waals surface area contributed by atoms with Crippen LogP contribution in [-0.2, 0) is 6.54 Å². The Morgan fingerprint density at radius 3 is 2.75 bits per heavy atom. The summed E-state index contributed by atoms with van der Waals surface area (Å²) in [6.07, 6.45) is 4.10. The van der Waals surface area contributed by atoms with Crippen molar-refractivity contribution in [3.8, 4) is 0 Å². The normalized spacial score (nSPS) is 24.9. The SMILES string of the molecule is Cc1ccc(C)c(CNC2CCC(C)C2)c1. The molecule has 1 aliphatic rings. The standard InChI is InChI=1S/C15H23N/c1-11-4-6-13(3)14(8-11)10-16-15-7-5-12(2)9-15/h4,6,8,12,15-16H,5,7,9-10H2,1-3H3. The van der Waals surface area contributed by atoms with Gasteiger partial charge in [0.15, 0.2) is 0 Å². The number of rotatable bonds is 3. The number of benzene rings is 1. The highest BCUT2D eigenvalue weighted by molar-refractivity contribution is 5.30. The minimum Gasteiger partial charge on any atom is -0.310 e. The summed E-state index contributed by atoms with van der Waals surface area (Å²) in [7, 11) is 0. The lowest BCUT2D eigenvalue weighted by Crippen LogP contribution is -2.26. The molecule has 1 heteroatoms. The fraction of sp³-hybridized carbons (Fsp3) is 0.600. The number of hydrogen-bond donors (Lipinski definition) is 1. The van der Waals surface area contributed by atoms with Gasteiger partial charge in [0.1, 0.15) is 0 Å². The van der Waals surface area contributed by atoms with E-state index in [1.165, 1.54) is 36.0 Å². The molecule has 0 aromatic heterocycles. The third-order valence-corrected chi connectivity index (χ3v) is 3.78. The Labute approximate surface area is 99.3 Å². The summed E-state index contributed by atoms with van der Waals surface area (Å²) in [6, 6.07) is 7.47. The fourth-order valence-corrected chi connectivity index (χ4v) is 2.64. The van der Waals surface area contributed by atoms with Crippen molar-refractivity contribution in [3.63, 3.8) is 0 Å². The Hall–Kier alpha value is -0.820. The van der Waals surface area contributed by atoms with Gasteiger partial charge in [0.2, 0.25) is 0 Å². The molecule has 88 valence electrons. The van der Waals surface area contributed by atoms with Crippen molar-refractivity contribution in [2.75, 3.05) is 0 Å². The highest BCUT2D eigenvalue weighted by Crippen LogP contribution is 2.25. The zero-order chi connectivity index (χ0) is 11.5. The van der Waals surface area contributed by atoms with E-state index in [9.17, 15) is 0 Å². The highest BCUT2D eigenvalue weighted by atomic mass is 14.9. The summed E-state index contributed by atoms with van der Waals surface area (Å²) in [6.45, 7) is 7.76.